The largest absolute Gasteiger partial charge is 0.392 e. The highest BCUT2D eigenvalue weighted by atomic mass is 16.7. The Bertz CT molecular complexity index is 2010. The maximum Gasteiger partial charge on any atom is 0.326 e. The summed E-state index contributed by atoms with van der Waals surface area (Å²) in [5.74, 6) is -0.229. The van der Waals surface area contributed by atoms with Crippen molar-refractivity contribution < 1.29 is 24.2 Å². The monoisotopic (exact) mass is 674 g/mol. The van der Waals surface area contributed by atoms with Crippen molar-refractivity contribution in [3.05, 3.63) is 135 Å². The number of imidazole rings is 1. The van der Waals surface area contributed by atoms with E-state index in [1.807, 2.05) is 77.4 Å². The Morgan fingerprint density at radius 2 is 1.60 bits per heavy atom. The number of para-hydroxylation sites is 2. The van der Waals surface area contributed by atoms with Gasteiger partial charge in [0.1, 0.15) is 0 Å². The molecule has 2 fully saturated rings. The predicted octanol–water partition coefficient (Wildman–Crippen LogP) is 6.09. The minimum atomic E-state index is -0.601. The first kappa shape index (κ1) is 33.6. The summed E-state index contributed by atoms with van der Waals surface area (Å²) in [6.45, 7) is 3.93. The molecule has 3 atom stereocenters. The summed E-state index contributed by atoms with van der Waals surface area (Å²) in [6, 6.07) is 30.5. The lowest BCUT2D eigenvalue weighted by molar-refractivity contribution is -0.253. The first-order valence-electron chi connectivity index (χ1n) is 17.2. The summed E-state index contributed by atoms with van der Waals surface area (Å²) in [7, 11) is 0. The highest BCUT2D eigenvalue weighted by molar-refractivity contribution is 5.97. The molecule has 0 saturated carbocycles. The van der Waals surface area contributed by atoms with Crippen molar-refractivity contribution in [2.45, 2.75) is 63.8 Å². The fraction of sp³-hybridized carbons (Fsp3) is 0.325. The predicted molar refractivity (Wildman–Crippen MR) is 191 cm³/mol. The Morgan fingerprint density at radius 1 is 0.880 bits per heavy atom. The van der Waals surface area contributed by atoms with Gasteiger partial charge in [-0.1, -0.05) is 72.8 Å². The Labute approximate surface area is 290 Å². The van der Waals surface area contributed by atoms with Crippen molar-refractivity contribution in [2.75, 3.05) is 25.0 Å². The van der Waals surface area contributed by atoms with Gasteiger partial charge >= 0.3 is 5.69 Å². The third-order valence-corrected chi connectivity index (χ3v) is 9.79. The number of likely N-dealkylation sites (tertiary alicyclic amines) is 1. The molecule has 0 aliphatic carbocycles. The molecule has 10 nitrogen and oxygen atoms in total. The quantitative estimate of drug-likeness (QED) is 0.153. The van der Waals surface area contributed by atoms with Crippen molar-refractivity contribution >= 4 is 28.4 Å². The van der Waals surface area contributed by atoms with Crippen LogP contribution in [0.4, 0.5) is 5.69 Å². The molecular formula is C40H42N4O6. The normalized spacial score (nSPS) is 20.2. The second-order valence-corrected chi connectivity index (χ2v) is 13.3. The highest BCUT2D eigenvalue weighted by Crippen LogP contribution is 2.39. The molecule has 2 aliphatic heterocycles. The number of hydrogen-bond donors (Lipinski definition) is 3. The van der Waals surface area contributed by atoms with E-state index >= 15 is 0 Å². The molecule has 1 aromatic heterocycles. The van der Waals surface area contributed by atoms with Crippen LogP contribution in [-0.2, 0) is 27.3 Å². The number of aliphatic hydroxyl groups is 1. The minimum absolute atomic E-state index is 0.0179. The Kier molecular flexibility index (Phi) is 10.0. The Balaban J connectivity index is 1.02. The number of H-pyrrole nitrogens is 1. The summed E-state index contributed by atoms with van der Waals surface area (Å²) in [5.41, 5.74) is 6.48. The molecule has 3 heterocycles. The number of aromatic nitrogens is 2. The van der Waals surface area contributed by atoms with Crippen LogP contribution >= 0.6 is 0 Å². The molecule has 258 valence electrons. The minimum Gasteiger partial charge on any atom is -0.392 e. The zero-order valence-corrected chi connectivity index (χ0v) is 28.1. The van der Waals surface area contributed by atoms with Crippen LogP contribution in [0.15, 0.2) is 102 Å². The number of aliphatic hydroxyl groups excluding tert-OH is 1. The second-order valence-electron chi connectivity index (χ2n) is 13.3. The van der Waals surface area contributed by atoms with Crippen LogP contribution in [-0.4, -0.2) is 57.0 Å². The number of hydrogen-bond acceptors (Lipinski definition) is 7. The van der Waals surface area contributed by atoms with Gasteiger partial charge in [-0.15, -0.1) is 0 Å². The van der Waals surface area contributed by atoms with Crippen LogP contribution in [0, 0.1) is 0 Å². The molecule has 50 heavy (non-hydrogen) atoms. The third-order valence-electron chi connectivity index (χ3n) is 9.79. The second kappa shape index (κ2) is 14.9. The average Bonchev–Trinajstić information content (AvgIpc) is 3.47. The van der Waals surface area contributed by atoms with E-state index in [1.54, 1.807) is 24.3 Å². The van der Waals surface area contributed by atoms with E-state index in [-0.39, 0.29) is 48.7 Å². The molecule has 1 unspecified atom stereocenters. The van der Waals surface area contributed by atoms with Crippen LogP contribution in [0.1, 0.15) is 77.2 Å². The van der Waals surface area contributed by atoms with Crippen LogP contribution in [0.5, 0.6) is 0 Å². The van der Waals surface area contributed by atoms with Crippen molar-refractivity contribution in [2.24, 2.45) is 0 Å². The summed E-state index contributed by atoms with van der Waals surface area (Å²) in [6.07, 6.45) is 1.70. The molecular weight excluding hydrogens is 632 g/mol. The molecule has 0 spiro atoms. The van der Waals surface area contributed by atoms with Gasteiger partial charge in [0.15, 0.2) is 12.1 Å². The van der Waals surface area contributed by atoms with Gasteiger partial charge in [-0.2, -0.15) is 0 Å². The van der Waals surface area contributed by atoms with E-state index in [0.29, 0.717) is 17.7 Å². The zero-order valence-electron chi connectivity index (χ0n) is 28.1. The molecule has 0 bridgehead atoms. The van der Waals surface area contributed by atoms with Gasteiger partial charge in [0, 0.05) is 48.9 Å². The topological polar surface area (TPSA) is 126 Å². The van der Waals surface area contributed by atoms with Crippen LogP contribution < -0.4 is 11.0 Å². The van der Waals surface area contributed by atoms with Crippen LogP contribution in [0.2, 0.25) is 0 Å². The van der Waals surface area contributed by atoms with Gasteiger partial charge in [0.05, 0.1) is 36.3 Å². The van der Waals surface area contributed by atoms with Crippen molar-refractivity contribution in [3.63, 3.8) is 0 Å². The number of ether oxygens (including phenoxy) is 2. The summed E-state index contributed by atoms with van der Waals surface area (Å²) in [4.78, 5) is 42.8. The number of Topliss-reactive ketones (excluding diaryl/α,β-unsaturated/α-hetero) is 1. The summed E-state index contributed by atoms with van der Waals surface area (Å²) >= 11 is 0. The van der Waals surface area contributed by atoms with Crippen LogP contribution in [0.3, 0.4) is 0 Å². The summed E-state index contributed by atoms with van der Waals surface area (Å²) in [5, 5.41) is 12.4. The fourth-order valence-electron chi connectivity index (χ4n) is 7.12. The first-order chi connectivity index (χ1) is 24.3. The number of fused-ring (bicyclic) bond motifs is 1. The highest BCUT2D eigenvalue weighted by Gasteiger charge is 2.34. The van der Waals surface area contributed by atoms with E-state index in [4.69, 9.17) is 9.47 Å². The van der Waals surface area contributed by atoms with Crippen molar-refractivity contribution in [1.82, 2.24) is 14.5 Å². The smallest absolute Gasteiger partial charge is 0.326 e. The number of carbonyl (C=O) groups excluding carboxylic acids is 2. The number of amides is 1. The Morgan fingerprint density at radius 3 is 2.34 bits per heavy atom. The van der Waals surface area contributed by atoms with E-state index in [9.17, 15) is 19.5 Å². The van der Waals surface area contributed by atoms with Gasteiger partial charge in [-0.3, -0.25) is 14.2 Å². The number of piperidine rings is 1. The van der Waals surface area contributed by atoms with Crippen molar-refractivity contribution in [3.8, 4) is 0 Å². The Hall–Kier alpha value is -4.87. The van der Waals surface area contributed by atoms with Gasteiger partial charge < -0.3 is 29.8 Å². The lowest BCUT2D eigenvalue weighted by Gasteiger charge is -2.40. The van der Waals surface area contributed by atoms with E-state index in [0.717, 1.165) is 65.8 Å². The maximum absolute atomic E-state index is 12.8. The van der Waals surface area contributed by atoms with Gasteiger partial charge in [0.2, 0.25) is 5.91 Å². The number of aromatic amines is 1. The molecule has 4 aromatic carbocycles. The zero-order chi connectivity index (χ0) is 34.6. The van der Waals surface area contributed by atoms with E-state index < -0.39 is 6.29 Å². The molecule has 5 aromatic rings. The number of benzene rings is 4. The van der Waals surface area contributed by atoms with Gasteiger partial charge in [-0.05, 0) is 60.7 Å². The molecule has 2 saturated heterocycles. The number of nitrogens with one attached hydrogen (secondary N) is 2. The van der Waals surface area contributed by atoms with Gasteiger partial charge in [-0.25, -0.2) is 4.79 Å². The molecule has 1 amide bonds. The standard InChI is InChI=1S/C40H42N4O6/c1-26(46)31-5-4-6-32(22-31)41-38(47)21-27-9-15-30(16-10-27)39-49-34(23-37(50-39)29-13-11-28(25-45)12-14-29)24-43-19-17-33(18-20-43)44-36-8-3-2-7-35(36)42-40(44)48/h2-16,22,33-34,37,39,45H,17-21,23-25H2,1H3,(H,41,47)(H,42,48)/t34-,37+,39?/m0/s1. The first-order valence-corrected chi connectivity index (χ1v) is 17.2. The number of anilines is 1. The molecule has 3 N–H and O–H groups in total. The molecule has 7 rings (SSSR count). The third kappa shape index (κ3) is 7.64. The number of rotatable bonds is 10. The molecule has 2 aliphatic rings. The number of nitrogens with zero attached hydrogens (tertiary/aromatic N) is 2. The fourth-order valence-corrected chi connectivity index (χ4v) is 7.12. The lowest BCUT2D eigenvalue weighted by atomic mass is 9.98. The molecule has 10 heteroatoms. The van der Waals surface area contributed by atoms with Crippen LogP contribution in [0.25, 0.3) is 11.0 Å². The lowest BCUT2D eigenvalue weighted by Crippen LogP contribution is -2.43. The molecule has 0 radical (unpaired) electrons. The van der Waals surface area contributed by atoms with Crippen molar-refractivity contribution in [1.29, 1.82) is 0 Å². The number of carbonyl (C=O) groups is 2. The number of ketones is 1. The van der Waals surface area contributed by atoms with Gasteiger partial charge in [0.25, 0.3) is 0 Å². The maximum atomic E-state index is 12.8. The summed E-state index contributed by atoms with van der Waals surface area (Å²) < 4.78 is 15.1. The average molecular weight is 675 g/mol. The van der Waals surface area contributed by atoms with E-state index in [2.05, 4.69) is 15.2 Å². The van der Waals surface area contributed by atoms with E-state index in [1.165, 1.54) is 6.92 Å². The SMILES string of the molecule is CC(=O)c1cccc(NC(=O)Cc2ccc(C3O[C@H](CN4CCC(n5c(=O)[nH]c6ccccc65)CC4)C[C@H](c4ccc(CO)cc4)O3)cc2)c1.